The van der Waals surface area contributed by atoms with Crippen molar-refractivity contribution in [3.05, 3.63) is 65.6 Å². The molecule has 0 bridgehead atoms. The smallest absolute Gasteiger partial charge is 0.272 e. The molecule has 0 spiro atoms. The molecule has 1 atom stereocenters. The lowest BCUT2D eigenvalue weighted by Crippen LogP contribution is -2.28. The van der Waals surface area contributed by atoms with Crippen molar-refractivity contribution in [2.24, 2.45) is 0 Å². The molecule has 112 valence electrons. The van der Waals surface area contributed by atoms with Crippen LogP contribution in [0.2, 0.25) is 0 Å². The molecule has 1 aromatic carbocycles. The molecule has 22 heavy (non-hydrogen) atoms. The Hall–Kier alpha value is -2.69. The quantitative estimate of drug-likeness (QED) is 0.805. The summed E-state index contributed by atoms with van der Waals surface area (Å²) in [4.78, 5) is 16.6. The fourth-order valence-electron chi connectivity index (χ4n) is 2.39. The highest BCUT2D eigenvalue weighted by Gasteiger charge is 2.16. The van der Waals surface area contributed by atoms with Gasteiger partial charge in [-0.2, -0.15) is 5.10 Å². The van der Waals surface area contributed by atoms with Crippen LogP contribution in [-0.2, 0) is 0 Å². The molecule has 0 aliphatic heterocycles. The molecule has 1 amide bonds. The zero-order chi connectivity index (χ0) is 15.5. The van der Waals surface area contributed by atoms with Crippen LogP contribution in [0.4, 0.5) is 0 Å². The second-order valence-corrected chi connectivity index (χ2v) is 5.30. The highest BCUT2D eigenvalue weighted by atomic mass is 16.2. The van der Waals surface area contributed by atoms with Crippen molar-refractivity contribution in [1.29, 1.82) is 0 Å². The summed E-state index contributed by atoms with van der Waals surface area (Å²) >= 11 is 0. The van der Waals surface area contributed by atoms with Crippen LogP contribution in [0.5, 0.6) is 0 Å². The van der Waals surface area contributed by atoms with Crippen molar-refractivity contribution < 1.29 is 4.79 Å². The maximum Gasteiger partial charge on any atom is 0.272 e. The zero-order valence-corrected chi connectivity index (χ0v) is 12.7. The van der Waals surface area contributed by atoms with Gasteiger partial charge >= 0.3 is 0 Å². The van der Waals surface area contributed by atoms with E-state index in [-0.39, 0.29) is 11.9 Å². The second-order valence-electron chi connectivity index (χ2n) is 5.30. The van der Waals surface area contributed by atoms with Crippen LogP contribution < -0.4 is 5.32 Å². The molecule has 0 fully saturated rings. The Labute approximate surface area is 129 Å². The van der Waals surface area contributed by atoms with Gasteiger partial charge in [-0.3, -0.25) is 4.79 Å². The standard InChI is InChI=1S/C17H18N4O/c1-3-14(13-7-5-12(2)6-8-13)19-17(22)15-11-16-18-9-4-10-21(16)20-15/h4-11,14H,3H2,1-2H3,(H,19,22). The largest absolute Gasteiger partial charge is 0.344 e. The van der Waals surface area contributed by atoms with Gasteiger partial charge in [-0.25, -0.2) is 9.50 Å². The summed E-state index contributed by atoms with van der Waals surface area (Å²) in [5, 5.41) is 7.29. The Morgan fingerprint density at radius 2 is 2.09 bits per heavy atom. The molecule has 5 heteroatoms. The van der Waals surface area contributed by atoms with Gasteiger partial charge in [-0.1, -0.05) is 36.8 Å². The fourth-order valence-corrected chi connectivity index (χ4v) is 2.39. The van der Waals surface area contributed by atoms with Crippen molar-refractivity contribution in [3.63, 3.8) is 0 Å². The van der Waals surface area contributed by atoms with E-state index in [4.69, 9.17) is 0 Å². The second kappa shape index (κ2) is 5.97. The number of hydrogen-bond donors (Lipinski definition) is 1. The molecule has 0 aliphatic carbocycles. The molecule has 0 aliphatic rings. The number of fused-ring (bicyclic) bond motifs is 1. The summed E-state index contributed by atoms with van der Waals surface area (Å²) in [6.07, 6.45) is 4.27. The molecular weight excluding hydrogens is 276 g/mol. The number of aromatic nitrogens is 3. The summed E-state index contributed by atoms with van der Waals surface area (Å²) < 4.78 is 1.60. The van der Waals surface area contributed by atoms with Crippen molar-refractivity contribution in [2.45, 2.75) is 26.3 Å². The highest BCUT2D eigenvalue weighted by molar-refractivity contribution is 5.93. The van der Waals surface area contributed by atoms with E-state index in [0.29, 0.717) is 11.3 Å². The zero-order valence-electron chi connectivity index (χ0n) is 12.7. The average molecular weight is 294 g/mol. The minimum absolute atomic E-state index is 0.0223. The maximum absolute atomic E-state index is 12.4. The average Bonchev–Trinajstić information content (AvgIpc) is 2.97. The molecule has 3 aromatic rings. The predicted molar refractivity (Wildman–Crippen MR) is 84.7 cm³/mol. The number of carbonyl (C=O) groups is 1. The number of amides is 1. The minimum atomic E-state index is -0.182. The third kappa shape index (κ3) is 2.83. The van der Waals surface area contributed by atoms with Gasteiger partial charge in [0.1, 0.15) is 0 Å². The molecule has 3 rings (SSSR count). The monoisotopic (exact) mass is 294 g/mol. The molecule has 5 nitrogen and oxygen atoms in total. The van der Waals surface area contributed by atoms with Crippen molar-refractivity contribution in [1.82, 2.24) is 19.9 Å². The Morgan fingerprint density at radius 3 is 2.77 bits per heavy atom. The Morgan fingerprint density at radius 1 is 1.32 bits per heavy atom. The summed E-state index contributed by atoms with van der Waals surface area (Å²) in [5.74, 6) is -0.182. The molecule has 1 unspecified atom stereocenters. The molecule has 2 heterocycles. The summed E-state index contributed by atoms with van der Waals surface area (Å²) in [5.41, 5.74) is 3.35. The van der Waals surface area contributed by atoms with Crippen molar-refractivity contribution >= 4 is 11.6 Å². The normalized spacial score (nSPS) is 12.3. The summed E-state index contributed by atoms with van der Waals surface area (Å²) in [6.45, 7) is 4.10. The third-order valence-corrected chi connectivity index (χ3v) is 3.66. The highest BCUT2D eigenvalue weighted by Crippen LogP contribution is 2.18. The van der Waals surface area contributed by atoms with Crippen LogP contribution >= 0.6 is 0 Å². The summed E-state index contributed by atoms with van der Waals surface area (Å²) in [7, 11) is 0. The molecule has 1 N–H and O–H groups in total. The Bertz CT molecular complexity index is 759. The van der Waals surface area contributed by atoms with Crippen LogP contribution in [0, 0.1) is 6.92 Å². The summed E-state index contributed by atoms with van der Waals surface area (Å²) in [6, 6.07) is 11.7. The number of rotatable bonds is 4. The van der Waals surface area contributed by atoms with Crippen molar-refractivity contribution in [2.75, 3.05) is 0 Å². The lowest BCUT2D eigenvalue weighted by molar-refractivity contribution is 0.0930. The first-order valence-corrected chi connectivity index (χ1v) is 7.35. The van der Waals surface area contributed by atoms with Crippen LogP contribution in [0.3, 0.4) is 0 Å². The van der Waals surface area contributed by atoms with E-state index < -0.39 is 0 Å². The Balaban J connectivity index is 1.80. The first kappa shape index (κ1) is 14.3. The minimum Gasteiger partial charge on any atom is -0.344 e. The van der Waals surface area contributed by atoms with E-state index in [0.717, 1.165) is 12.0 Å². The van der Waals surface area contributed by atoms with Gasteiger partial charge < -0.3 is 5.32 Å². The van der Waals surface area contributed by atoms with Gasteiger partial charge in [0.15, 0.2) is 11.3 Å². The van der Waals surface area contributed by atoms with Crippen LogP contribution in [0.25, 0.3) is 5.65 Å². The first-order chi connectivity index (χ1) is 10.7. The van der Waals surface area contributed by atoms with E-state index in [1.54, 1.807) is 29.0 Å². The number of carbonyl (C=O) groups excluding carboxylic acids is 1. The van der Waals surface area contributed by atoms with E-state index in [1.165, 1.54) is 5.56 Å². The van der Waals surface area contributed by atoms with Crippen LogP contribution in [0.1, 0.15) is 41.0 Å². The fraction of sp³-hybridized carbons (Fsp3) is 0.235. The lowest BCUT2D eigenvalue weighted by atomic mass is 10.0. The number of benzene rings is 1. The molecule has 0 saturated carbocycles. The van der Waals surface area contributed by atoms with Crippen LogP contribution in [0.15, 0.2) is 48.8 Å². The van der Waals surface area contributed by atoms with E-state index in [2.05, 4.69) is 46.6 Å². The third-order valence-electron chi connectivity index (χ3n) is 3.66. The van der Waals surface area contributed by atoms with Gasteiger partial charge in [-0.15, -0.1) is 0 Å². The number of aryl methyl sites for hydroxylation is 1. The van der Waals surface area contributed by atoms with Gasteiger partial charge in [-0.05, 0) is 25.0 Å². The first-order valence-electron chi connectivity index (χ1n) is 7.35. The number of nitrogens with one attached hydrogen (secondary N) is 1. The SMILES string of the molecule is CCC(NC(=O)c1cc2ncccn2n1)c1ccc(C)cc1. The number of nitrogens with zero attached hydrogens (tertiary/aromatic N) is 3. The maximum atomic E-state index is 12.4. The Kier molecular flexibility index (Phi) is 3.87. The number of hydrogen-bond acceptors (Lipinski definition) is 3. The molecule has 2 aromatic heterocycles. The van der Waals surface area contributed by atoms with Gasteiger partial charge in [0.05, 0.1) is 6.04 Å². The molecular formula is C17H18N4O. The van der Waals surface area contributed by atoms with Gasteiger partial charge in [0.2, 0.25) is 0 Å². The molecule has 0 radical (unpaired) electrons. The van der Waals surface area contributed by atoms with Gasteiger partial charge in [0.25, 0.3) is 5.91 Å². The lowest BCUT2D eigenvalue weighted by Gasteiger charge is -2.16. The van der Waals surface area contributed by atoms with E-state index in [9.17, 15) is 4.79 Å². The topological polar surface area (TPSA) is 59.3 Å². The van der Waals surface area contributed by atoms with Crippen molar-refractivity contribution in [3.8, 4) is 0 Å². The van der Waals surface area contributed by atoms with Crippen LogP contribution in [-0.4, -0.2) is 20.5 Å². The molecule has 0 saturated heterocycles. The van der Waals surface area contributed by atoms with Gasteiger partial charge in [0, 0.05) is 18.5 Å². The van der Waals surface area contributed by atoms with E-state index >= 15 is 0 Å². The van der Waals surface area contributed by atoms with E-state index in [1.807, 2.05) is 6.92 Å². The predicted octanol–water partition coefficient (Wildman–Crippen LogP) is 2.92.